The van der Waals surface area contributed by atoms with Gasteiger partial charge in [0.1, 0.15) is 0 Å². The van der Waals surface area contributed by atoms with E-state index in [-0.39, 0.29) is 0 Å². The van der Waals surface area contributed by atoms with Crippen LogP contribution in [0.1, 0.15) is 11.1 Å². The Morgan fingerprint density at radius 1 is 1.00 bits per heavy atom. The van der Waals surface area contributed by atoms with Gasteiger partial charge in [0.05, 0.1) is 0 Å². The summed E-state index contributed by atoms with van der Waals surface area (Å²) in [5, 5.41) is 8.95. The first-order valence-corrected chi connectivity index (χ1v) is 7.30. The molecule has 0 atom stereocenters. The van der Waals surface area contributed by atoms with Crippen LogP contribution in [0.15, 0.2) is 42.7 Å². The first-order valence-electron chi connectivity index (χ1n) is 7.30. The molecule has 1 aromatic carbocycles. The monoisotopic (exact) mass is 298 g/mol. The van der Waals surface area contributed by atoms with Gasteiger partial charge >= 0.3 is 6.09 Å². The second-order valence-electron chi connectivity index (χ2n) is 5.31. The van der Waals surface area contributed by atoms with Crippen LogP contribution in [0.2, 0.25) is 0 Å². The van der Waals surface area contributed by atoms with Crippen molar-refractivity contribution in [3.8, 4) is 0 Å². The van der Waals surface area contributed by atoms with E-state index in [2.05, 4.69) is 22.1 Å². The number of nitrogens with zero attached hydrogens (tertiary/aromatic N) is 4. The first-order chi connectivity index (χ1) is 10.7. The number of carbonyl (C=O) groups is 1. The summed E-state index contributed by atoms with van der Waals surface area (Å²) < 4.78 is 0. The normalized spacial score (nSPS) is 14.9. The number of anilines is 1. The molecule has 2 heterocycles. The maximum atomic E-state index is 10.9. The molecule has 0 radical (unpaired) electrons. The van der Waals surface area contributed by atoms with Crippen molar-refractivity contribution in [2.24, 2.45) is 0 Å². The highest BCUT2D eigenvalue weighted by Crippen LogP contribution is 2.13. The van der Waals surface area contributed by atoms with Crippen molar-refractivity contribution in [1.29, 1.82) is 0 Å². The number of piperazine rings is 1. The zero-order chi connectivity index (χ0) is 15.4. The van der Waals surface area contributed by atoms with Crippen molar-refractivity contribution in [3.63, 3.8) is 0 Å². The average Bonchev–Trinajstić information content (AvgIpc) is 2.57. The molecule has 1 saturated heterocycles. The number of hydrogen-bond acceptors (Lipinski definition) is 4. The number of hydrogen-bond donors (Lipinski definition) is 1. The number of aromatic nitrogens is 2. The van der Waals surface area contributed by atoms with Crippen LogP contribution in [0.4, 0.5) is 10.7 Å². The number of benzene rings is 1. The fourth-order valence-electron chi connectivity index (χ4n) is 2.53. The Balaban J connectivity index is 1.61. The third-order valence-corrected chi connectivity index (χ3v) is 3.78. The van der Waals surface area contributed by atoms with Crippen LogP contribution in [0, 0.1) is 0 Å². The van der Waals surface area contributed by atoms with Gasteiger partial charge in [0.2, 0.25) is 5.95 Å². The SMILES string of the molecule is O=C(O)N1CCN(c2ncc(Cc3ccccc3)cn2)CC1. The molecule has 6 nitrogen and oxygen atoms in total. The van der Waals surface area contributed by atoms with Gasteiger partial charge in [-0.05, 0) is 11.1 Å². The largest absolute Gasteiger partial charge is 0.465 e. The summed E-state index contributed by atoms with van der Waals surface area (Å²) in [6.45, 7) is 2.24. The maximum Gasteiger partial charge on any atom is 0.407 e. The molecule has 0 unspecified atom stereocenters. The molecular weight excluding hydrogens is 280 g/mol. The molecule has 1 aliphatic rings. The minimum absolute atomic E-state index is 0.491. The van der Waals surface area contributed by atoms with Gasteiger partial charge in [-0.2, -0.15) is 0 Å². The summed E-state index contributed by atoms with van der Waals surface area (Å²) in [5.41, 5.74) is 2.30. The lowest BCUT2D eigenvalue weighted by atomic mass is 10.1. The van der Waals surface area contributed by atoms with Gasteiger partial charge in [-0.25, -0.2) is 14.8 Å². The third-order valence-electron chi connectivity index (χ3n) is 3.78. The van der Waals surface area contributed by atoms with E-state index < -0.39 is 6.09 Å². The van der Waals surface area contributed by atoms with Crippen LogP contribution in [-0.4, -0.2) is 52.2 Å². The van der Waals surface area contributed by atoms with Crippen LogP contribution in [0.5, 0.6) is 0 Å². The van der Waals surface area contributed by atoms with Crippen LogP contribution in [-0.2, 0) is 6.42 Å². The molecule has 6 heteroatoms. The molecule has 1 N–H and O–H groups in total. The Hall–Kier alpha value is -2.63. The van der Waals surface area contributed by atoms with Gasteiger partial charge in [0.25, 0.3) is 0 Å². The van der Waals surface area contributed by atoms with Crippen LogP contribution in [0.3, 0.4) is 0 Å². The zero-order valence-corrected chi connectivity index (χ0v) is 12.2. The van der Waals surface area contributed by atoms with E-state index in [1.54, 1.807) is 0 Å². The van der Waals surface area contributed by atoms with Crippen molar-refractivity contribution in [1.82, 2.24) is 14.9 Å². The first kappa shape index (κ1) is 14.3. The standard InChI is InChI=1S/C16H18N4O2/c21-16(22)20-8-6-19(7-9-20)15-17-11-14(12-18-15)10-13-4-2-1-3-5-13/h1-5,11-12H,6-10H2,(H,21,22). The maximum absolute atomic E-state index is 10.9. The lowest BCUT2D eigenvalue weighted by Crippen LogP contribution is -2.48. The van der Waals surface area contributed by atoms with Gasteiger partial charge in [-0.15, -0.1) is 0 Å². The van der Waals surface area contributed by atoms with E-state index >= 15 is 0 Å². The second-order valence-corrected chi connectivity index (χ2v) is 5.31. The minimum Gasteiger partial charge on any atom is -0.465 e. The lowest BCUT2D eigenvalue weighted by molar-refractivity contribution is 0.142. The summed E-state index contributed by atoms with van der Waals surface area (Å²) in [6, 6.07) is 10.2. The summed E-state index contributed by atoms with van der Waals surface area (Å²) in [7, 11) is 0. The smallest absolute Gasteiger partial charge is 0.407 e. The van der Waals surface area contributed by atoms with E-state index in [1.165, 1.54) is 10.5 Å². The molecule has 114 valence electrons. The van der Waals surface area contributed by atoms with E-state index in [9.17, 15) is 4.79 Å². The Morgan fingerprint density at radius 2 is 1.64 bits per heavy atom. The Kier molecular flexibility index (Phi) is 4.18. The summed E-state index contributed by atoms with van der Waals surface area (Å²) in [6.07, 6.45) is 3.64. The number of rotatable bonds is 3. The fraction of sp³-hybridized carbons (Fsp3) is 0.312. The van der Waals surface area contributed by atoms with Gasteiger partial charge < -0.3 is 14.9 Å². The Labute approximate surface area is 129 Å². The number of carboxylic acid groups (broad SMARTS) is 1. The summed E-state index contributed by atoms with van der Waals surface area (Å²) in [4.78, 5) is 23.2. The number of amides is 1. The molecule has 3 rings (SSSR count). The van der Waals surface area contributed by atoms with Crippen molar-refractivity contribution >= 4 is 12.0 Å². The Morgan fingerprint density at radius 3 is 2.23 bits per heavy atom. The molecule has 1 fully saturated rings. The van der Waals surface area contributed by atoms with Gasteiger partial charge in [0, 0.05) is 45.0 Å². The van der Waals surface area contributed by atoms with Gasteiger partial charge in [-0.1, -0.05) is 30.3 Å². The molecule has 1 amide bonds. The zero-order valence-electron chi connectivity index (χ0n) is 12.2. The quantitative estimate of drug-likeness (QED) is 0.936. The van der Waals surface area contributed by atoms with Crippen LogP contribution in [0.25, 0.3) is 0 Å². The summed E-state index contributed by atoms with van der Waals surface area (Å²) in [5.74, 6) is 0.668. The minimum atomic E-state index is -0.862. The second kappa shape index (κ2) is 6.43. The van der Waals surface area contributed by atoms with Gasteiger partial charge in [-0.3, -0.25) is 0 Å². The summed E-state index contributed by atoms with van der Waals surface area (Å²) >= 11 is 0. The molecule has 0 aliphatic carbocycles. The van der Waals surface area contributed by atoms with Crippen molar-refractivity contribution in [2.75, 3.05) is 31.1 Å². The molecule has 22 heavy (non-hydrogen) atoms. The molecule has 0 spiro atoms. The lowest BCUT2D eigenvalue weighted by Gasteiger charge is -2.33. The fourth-order valence-corrected chi connectivity index (χ4v) is 2.53. The molecule has 1 aromatic heterocycles. The highest BCUT2D eigenvalue weighted by molar-refractivity contribution is 5.65. The van der Waals surface area contributed by atoms with E-state index in [1.807, 2.05) is 35.5 Å². The van der Waals surface area contributed by atoms with Crippen molar-refractivity contribution in [3.05, 3.63) is 53.9 Å². The molecule has 1 aliphatic heterocycles. The predicted molar refractivity (Wildman–Crippen MR) is 83.1 cm³/mol. The van der Waals surface area contributed by atoms with E-state index in [4.69, 9.17) is 5.11 Å². The highest BCUT2D eigenvalue weighted by atomic mass is 16.4. The highest BCUT2D eigenvalue weighted by Gasteiger charge is 2.21. The van der Waals surface area contributed by atoms with E-state index in [0.717, 1.165) is 12.0 Å². The van der Waals surface area contributed by atoms with Crippen molar-refractivity contribution in [2.45, 2.75) is 6.42 Å². The topological polar surface area (TPSA) is 69.6 Å². The third kappa shape index (κ3) is 3.33. The predicted octanol–water partition coefficient (Wildman–Crippen LogP) is 1.87. The molecule has 0 saturated carbocycles. The van der Waals surface area contributed by atoms with E-state index in [0.29, 0.717) is 32.1 Å². The molecular formula is C16H18N4O2. The van der Waals surface area contributed by atoms with Gasteiger partial charge in [0.15, 0.2) is 0 Å². The molecule has 2 aromatic rings. The van der Waals surface area contributed by atoms with Crippen LogP contribution < -0.4 is 4.90 Å². The Bertz CT molecular complexity index is 622. The van der Waals surface area contributed by atoms with Crippen molar-refractivity contribution < 1.29 is 9.90 Å². The van der Waals surface area contributed by atoms with Crippen LogP contribution >= 0.6 is 0 Å². The average molecular weight is 298 g/mol. The molecule has 0 bridgehead atoms.